The molecule has 3 nitrogen and oxygen atoms in total. The summed E-state index contributed by atoms with van der Waals surface area (Å²) in [4.78, 5) is 0. The molecule has 0 saturated carbocycles. The number of hydrogen-bond acceptors (Lipinski definition) is 2. The fourth-order valence-electron chi connectivity index (χ4n) is 0.364. The molecule has 0 saturated heterocycles. The topological polar surface area (TPSA) is 46.2 Å². The van der Waals surface area contributed by atoms with Crippen molar-refractivity contribution in [2.75, 3.05) is 7.05 Å². The van der Waals surface area contributed by atoms with E-state index in [1.54, 1.807) is 0 Å². The minimum atomic E-state index is -5.29. The Labute approximate surface area is 66.8 Å². The maximum absolute atomic E-state index is 12.3. The van der Waals surface area contributed by atoms with Crippen molar-refractivity contribution in [2.45, 2.75) is 18.1 Å². The van der Waals surface area contributed by atoms with E-state index >= 15 is 0 Å². The lowest BCUT2D eigenvalue weighted by Gasteiger charge is -2.21. The predicted octanol–water partition coefficient (Wildman–Crippen LogP) is 0.784. The zero-order valence-corrected chi connectivity index (χ0v) is 7.05. The Kier molecular flexibility index (Phi) is 2.75. The molecule has 0 bridgehead atoms. The van der Waals surface area contributed by atoms with Gasteiger partial charge in [0, 0.05) is 6.92 Å². The van der Waals surface area contributed by atoms with Crippen LogP contribution < -0.4 is 4.72 Å². The minimum Gasteiger partial charge on any atom is -0.213 e. The summed E-state index contributed by atoms with van der Waals surface area (Å²) >= 11 is 0. The number of hydrogen-bond donors (Lipinski definition) is 1. The predicted molar refractivity (Wildman–Crippen MR) is 33.5 cm³/mol. The SMILES string of the molecule is CNS(=O)(=O)C(F)(F)C(C)(F)F. The molecule has 0 aliphatic rings. The molecule has 8 heteroatoms. The lowest BCUT2D eigenvalue weighted by atomic mass is 10.4. The standard InChI is InChI=1S/C4H7F4NO2S/c1-3(5,6)4(7,8)12(10,11)9-2/h9H,1-2H3. The van der Waals surface area contributed by atoms with Gasteiger partial charge in [-0.1, -0.05) is 0 Å². The summed E-state index contributed by atoms with van der Waals surface area (Å²) in [5.74, 6) is -4.60. The molecule has 74 valence electrons. The van der Waals surface area contributed by atoms with Crippen LogP contribution >= 0.6 is 0 Å². The molecule has 0 radical (unpaired) electrons. The van der Waals surface area contributed by atoms with Gasteiger partial charge in [-0.2, -0.15) is 17.6 Å². The number of halogens is 4. The zero-order chi connectivity index (χ0) is 10.2. The number of alkyl halides is 4. The van der Waals surface area contributed by atoms with E-state index in [4.69, 9.17) is 0 Å². The highest BCUT2D eigenvalue weighted by atomic mass is 32.2. The highest BCUT2D eigenvalue weighted by molar-refractivity contribution is 7.90. The van der Waals surface area contributed by atoms with Gasteiger partial charge in [-0.3, -0.25) is 0 Å². The van der Waals surface area contributed by atoms with E-state index in [-0.39, 0.29) is 6.92 Å². The van der Waals surface area contributed by atoms with Crippen LogP contribution in [0.5, 0.6) is 0 Å². The van der Waals surface area contributed by atoms with Crippen LogP contribution in [0.2, 0.25) is 0 Å². The van der Waals surface area contributed by atoms with Crippen LogP contribution in [-0.2, 0) is 10.0 Å². The van der Waals surface area contributed by atoms with Crippen molar-refractivity contribution in [3.63, 3.8) is 0 Å². The first-order valence-corrected chi connectivity index (χ1v) is 4.23. The summed E-state index contributed by atoms with van der Waals surface area (Å²) < 4.78 is 70.4. The van der Waals surface area contributed by atoms with Crippen molar-refractivity contribution in [1.29, 1.82) is 0 Å². The summed E-state index contributed by atoms with van der Waals surface area (Å²) in [5, 5.41) is -5.09. The molecular formula is C4H7F4NO2S. The summed E-state index contributed by atoms with van der Waals surface area (Å²) in [6.07, 6.45) is 0. The molecule has 1 N–H and O–H groups in total. The van der Waals surface area contributed by atoms with E-state index in [1.165, 1.54) is 0 Å². The van der Waals surface area contributed by atoms with E-state index < -0.39 is 21.2 Å². The molecule has 0 heterocycles. The molecule has 0 spiro atoms. The summed E-state index contributed by atoms with van der Waals surface area (Å²) in [5.41, 5.74) is 0. The van der Waals surface area contributed by atoms with E-state index in [0.717, 1.165) is 4.72 Å². The third kappa shape index (κ3) is 1.69. The Morgan fingerprint density at radius 2 is 1.50 bits per heavy atom. The molecule has 0 aliphatic carbocycles. The lowest BCUT2D eigenvalue weighted by molar-refractivity contribution is -0.143. The Bertz CT molecular complexity index is 255. The van der Waals surface area contributed by atoms with Gasteiger partial charge in [0.15, 0.2) is 0 Å². The molecule has 0 fully saturated rings. The second-order valence-corrected chi connectivity index (χ2v) is 4.04. The Hall–Kier alpha value is -0.370. The minimum absolute atomic E-state index is 0.165. The first kappa shape index (κ1) is 11.6. The highest BCUT2D eigenvalue weighted by Crippen LogP contribution is 2.37. The maximum Gasteiger partial charge on any atom is 0.420 e. The number of sulfonamides is 1. The maximum atomic E-state index is 12.3. The van der Waals surface area contributed by atoms with E-state index in [9.17, 15) is 26.0 Å². The third-order valence-electron chi connectivity index (χ3n) is 1.12. The van der Waals surface area contributed by atoms with Crippen LogP contribution in [0.3, 0.4) is 0 Å². The van der Waals surface area contributed by atoms with Gasteiger partial charge in [0.25, 0.3) is 10.0 Å². The molecule has 0 aromatic heterocycles. The Morgan fingerprint density at radius 1 is 1.17 bits per heavy atom. The number of nitrogens with one attached hydrogen (secondary N) is 1. The Morgan fingerprint density at radius 3 is 1.58 bits per heavy atom. The first-order valence-electron chi connectivity index (χ1n) is 2.75. The van der Waals surface area contributed by atoms with Crippen LogP contribution in [0, 0.1) is 0 Å². The van der Waals surface area contributed by atoms with E-state index in [0.29, 0.717) is 7.05 Å². The zero-order valence-electron chi connectivity index (χ0n) is 6.24. The van der Waals surface area contributed by atoms with Gasteiger partial charge < -0.3 is 0 Å². The van der Waals surface area contributed by atoms with Crippen molar-refractivity contribution in [1.82, 2.24) is 4.72 Å². The van der Waals surface area contributed by atoms with Crippen molar-refractivity contribution < 1.29 is 26.0 Å². The Balaban J connectivity index is 5.14. The summed E-state index contributed by atoms with van der Waals surface area (Å²) in [7, 11) is -4.65. The van der Waals surface area contributed by atoms with Crippen molar-refractivity contribution >= 4 is 10.0 Å². The van der Waals surface area contributed by atoms with Gasteiger partial charge in [-0.25, -0.2) is 13.1 Å². The smallest absolute Gasteiger partial charge is 0.213 e. The average Bonchev–Trinajstić information content (AvgIpc) is 1.85. The van der Waals surface area contributed by atoms with Gasteiger partial charge in [0.2, 0.25) is 0 Å². The molecule has 0 aliphatic heterocycles. The lowest BCUT2D eigenvalue weighted by Crippen LogP contribution is -2.49. The van der Waals surface area contributed by atoms with Gasteiger partial charge in [0.1, 0.15) is 0 Å². The molecule has 0 rings (SSSR count). The molecule has 0 aromatic carbocycles. The van der Waals surface area contributed by atoms with Crippen molar-refractivity contribution in [2.24, 2.45) is 0 Å². The molecule has 12 heavy (non-hydrogen) atoms. The normalized spacial score (nSPS) is 14.8. The van der Waals surface area contributed by atoms with Gasteiger partial charge >= 0.3 is 11.2 Å². The highest BCUT2D eigenvalue weighted by Gasteiger charge is 2.62. The molecular weight excluding hydrogens is 202 g/mol. The van der Waals surface area contributed by atoms with Crippen molar-refractivity contribution in [3.8, 4) is 0 Å². The van der Waals surface area contributed by atoms with Crippen LogP contribution in [0.1, 0.15) is 6.92 Å². The molecule has 0 amide bonds. The van der Waals surface area contributed by atoms with Crippen LogP contribution in [0.4, 0.5) is 17.6 Å². The first-order chi connectivity index (χ1) is 5.06. The molecule has 0 unspecified atom stereocenters. The van der Waals surface area contributed by atoms with Crippen LogP contribution in [0.15, 0.2) is 0 Å². The fraction of sp³-hybridized carbons (Fsp3) is 1.00. The monoisotopic (exact) mass is 209 g/mol. The third-order valence-corrected chi connectivity index (χ3v) is 2.69. The summed E-state index contributed by atoms with van der Waals surface area (Å²) in [6, 6.07) is 0. The molecule has 0 atom stereocenters. The van der Waals surface area contributed by atoms with E-state index in [2.05, 4.69) is 0 Å². The summed E-state index contributed by atoms with van der Waals surface area (Å²) in [6.45, 7) is -0.165. The van der Waals surface area contributed by atoms with Crippen LogP contribution in [-0.4, -0.2) is 26.6 Å². The second kappa shape index (κ2) is 2.84. The van der Waals surface area contributed by atoms with Gasteiger partial charge in [0.05, 0.1) is 0 Å². The largest absolute Gasteiger partial charge is 0.420 e. The quantitative estimate of drug-likeness (QED) is 0.698. The van der Waals surface area contributed by atoms with Crippen molar-refractivity contribution in [3.05, 3.63) is 0 Å². The van der Waals surface area contributed by atoms with Crippen LogP contribution in [0.25, 0.3) is 0 Å². The second-order valence-electron chi connectivity index (χ2n) is 2.11. The average molecular weight is 209 g/mol. The fourth-order valence-corrected chi connectivity index (χ4v) is 1.09. The number of rotatable bonds is 3. The molecule has 0 aromatic rings. The van der Waals surface area contributed by atoms with E-state index in [1.807, 2.05) is 0 Å². The van der Waals surface area contributed by atoms with Gasteiger partial charge in [-0.05, 0) is 7.05 Å². The van der Waals surface area contributed by atoms with Gasteiger partial charge in [-0.15, -0.1) is 0 Å².